The minimum atomic E-state index is -0.554. The van der Waals surface area contributed by atoms with E-state index in [1.807, 2.05) is 31.3 Å². The maximum absolute atomic E-state index is 12.7. The summed E-state index contributed by atoms with van der Waals surface area (Å²) in [5.41, 5.74) is 3.67. The Kier molecular flexibility index (Phi) is 7.17. The fourth-order valence-electron chi connectivity index (χ4n) is 3.96. The fraction of sp³-hybridized carbons (Fsp3) is 0.259. The molecule has 0 aliphatic carbocycles. The molecular formula is C27H27ClN2O5. The molecule has 0 aliphatic rings. The molecule has 4 rings (SSSR count). The Morgan fingerprint density at radius 3 is 2.77 bits per heavy atom. The molecule has 0 radical (unpaired) electrons. The Bertz CT molecular complexity index is 1480. The molecule has 0 unspecified atom stereocenters. The van der Waals surface area contributed by atoms with Crippen molar-refractivity contribution < 1.29 is 18.7 Å². The Morgan fingerprint density at radius 2 is 2.03 bits per heavy atom. The Hall–Kier alpha value is -3.71. The summed E-state index contributed by atoms with van der Waals surface area (Å²) in [6, 6.07) is 9.10. The largest absolute Gasteiger partial charge is 0.497 e. The van der Waals surface area contributed by atoms with Gasteiger partial charge < -0.3 is 24.2 Å². The van der Waals surface area contributed by atoms with E-state index in [1.54, 1.807) is 26.2 Å². The predicted molar refractivity (Wildman–Crippen MR) is 138 cm³/mol. The van der Waals surface area contributed by atoms with Crippen molar-refractivity contribution in [2.75, 3.05) is 20.3 Å². The fourth-order valence-corrected chi connectivity index (χ4v) is 4.17. The van der Waals surface area contributed by atoms with E-state index in [9.17, 15) is 9.59 Å². The van der Waals surface area contributed by atoms with Crippen LogP contribution in [-0.2, 0) is 17.6 Å². The zero-order valence-corrected chi connectivity index (χ0v) is 20.7. The van der Waals surface area contributed by atoms with E-state index in [0.29, 0.717) is 52.4 Å². The zero-order chi connectivity index (χ0) is 25.1. The van der Waals surface area contributed by atoms with E-state index in [-0.39, 0.29) is 12.3 Å². The number of nitrogens with one attached hydrogen (secondary N) is 2. The highest BCUT2D eigenvalue weighted by Gasteiger charge is 2.17. The molecule has 4 aromatic rings. The Morgan fingerprint density at radius 1 is 1.23 bits per heavy atom. The number of aryl methyl sites for hydroxylation is 1. The summed E-state index contributed by atoms with van der Waals surface area (Å²) in [7, 11) is 1.63. The topological polar surface area (TPSA) is 93.6 Å². The highest BCUT2D eigenvalue weighted by molar-refractivity contribution is 6.32. The third-order valence-corrected chi connectivity index (χ3v) is 6.14. The number of rotatable bonds is 9. The van der Waals surface area contributed by atoms with E-state index in [1.165, 1.54) is 0 Å². The van der Waals surface area contributed by atoms with Crippen LogP contribution in [0.25, 0.3) is 21.9 Å². The van der Waals surface area contributed by atoms with Gasteiger partial charge in [0.1, 0.15) is 23.7 Å². The number of ether oxygens (including phenoxy) is 2. The summed E-state index contributed by atoms with van der Waals surface area (Å²) in [5, 5.41) is 4.99. The first-order valence-corrected chi connectivity index (χ1v) is 11.6. The van der Waals surface area contributed by atoms with Crippen molar-refractivity contribution in [1.82, 2.24) is 10.3 Å². The maximum Gasteiger partial charge on any atom is 0.340 e. The number of hydrogen-bond donors (Lipinski definition) is 2. The quantitative estimate of drug-likeness (QED) is 0.249. The molecule has 0 saturated heterocycles. The number of aromatic nitrogens is 1. The van der Waals surface area contributed by atoms with Gasteiger partial charge in [0.05, 0.1) is 24.1 Å². The molecule has 0 atom stereocenters. The third kappa shape index (κ3) is 5.35. The maximum atomic E-state index is 12.7. The normalized spacial score (nSPS) is 11.1. The van der Waals surface area contributed by atoms with Crippen LogP contribution in [0.4, 0.5) is 0 Å². The molecule has 2 heterocycles. The summed E-state index contributed by atoms with van der Waals surface area (Å²) in [4.78, 5) is 28.5. The average molecular weight is 495 g/mol. The number of aromatic amines is 1. The standard InChI is InChI=1S/C27H27ClN2O5/c1-15(2)14-34-25-12-24-19(10-22(25)28)16(3)20(27(32)35-24)11-26(31)29-8-7-17-13-30-23-6-5-18(33-4)9-21(17)23/h5-6,9-10,12-13,30H,1,7-8,11,14H2,2-4H3,(H,29,31). The smallest absolute Gasteiger partial charge is 0.340 e. The monoisotopic (exact) mass is 494 g/mol. The molecular weight excluding hydrogens is 468 g/mol. The molecule has 2 aromatic heterocycles. The van der Waals surface area contributed by atoms with Crippen LogP contribution in [0.1, 0.15) is 23.6 Å². The third-order valence-electron chi connectivity index (χ3n) is 5.84. The van der Waals surface area contributed by atoms with E-state index in [4.69, 9.17) is 25.5 Å². The van der Waals surface area contributed by atoms with Crippen LogP contribution in [-0.4, -0.2) is 31.2 Å². The van der Waals surface area contributed by atoms with Crippen molar-refractivity contribution in [2.24, 2.45) is 0 Å². The lowest BCUT2D eigenvalue weighted by molar-refractivity contribution is -0.120. The zero-order valence-electron chi connectivity index (χ0n) is 19.9. The van der Waals surface area contributed by atoms with Crippen LogP contribution < -0.4 is 20.4 Å². The van der Waals surface area contributed by atoms with Crippen molar-refractivity contribution in [1.29, 1.82) is 0 Å². The second kappa shape index (κ2) is 10.3. The number of benzene rings is 2. The molecule has 2 aromatic carbocycles. The number of amides is 1. The van der Waals surface area contributed by atoms with Gasteiger partial charge in [0.2, 0.25) is 5.91 Å². The number of carbonyl (C=O) groups is 1. The molecule has 0 aliphatic heterocycles. The summed E-state index contributed by atoms with van der Waals surface area (Å²) in [5.74, 6) is 0.922. The summed E-state index contributed by atoms with van der Waals surface area (Å²) in [6.07, 6.45) is 2.47. The molecule has 35 heavy (non-hydrogen) atoms. The summed E-state index contributed by atoms with van der Waals surface area (Å²) in [6.45, 7) is 8.16. The van der Waals surface area contributed by atoms with E-state index < -0.39 is 5.63 Å². The molecule has 0 fully saturated rings. The van der Waals surface area contributed by atoms with Crippen LogP contribution in [0.3, 0.4) is 0 Å². The van der Waals surface area contributed by atoms with Gasteiger partial charge in [0, 0.05) is 35.1 Å². The number of carbonyl (C=O) groups excluding carboxylic acids is 1. The van der Waals surface area contributed by atoms with E-state index >= 15 is 0 Å². The van der Waals surface area contributed by atoms with Gasteiger partial charge in [-0.25, -0.2) is 4.79 Å². The Balaban J connectivity index is 1.46. The van der Waals surface area contributed by atoms with Crippen molar-refractivity contribution in [3.63, 3.8) is 0 Å². The lowest BCUT2D eigenvalue weighted by Crippen LogP contribution is -2.29. The van der Waals surface area contributed by atoms with E-state index in [2.05, 4.69) is 16.9 Å². The minimum Gasteiger partial charge on any atom is -0.497 e. The van der Waals surface area contributed by atoms with Crippen LogP contribution in [0.15, 0.2) is 57.9 Å². The van der Waals surface area contributed by atoms with Gasteiger partial charge >= 0.3 is 5.63 Å². The number of fused-ring (bicyclic) bond motifs is 2. The van der Waals surface area contributed by atoms with Gasteiger partial charge in [-0.05, 0) is 61.2 Å². The van der Waals surface area contributed by atoms with Crippen molar-refractivity contribution in [3.05, 3.63) is 80.8 Å². The number of hydrogen-bond acceptors (Lipinski definition) is 5. The van der Waals surface area contributed by atoms with Crippen molar-refractivity contribution in [3.8, 4) is 11.5 Å². The van der Waals surface area contributed by atoms with Gasteiger partial charge in [0.15, 0.2) is 0 Å². The molecule has 7 nitrogen and oxygen atoms in total. The highest BCUT2D eigenvalue weighted by atomic mass is 35.5. The average Bonchev–Trinajstić information content (AvgIpc) is 3.23. The first-order valence-electron chi connectivity index (χ1n) is 11.2. The van der Waals surface area contributed by atoms with Crippen LogP contribution in [0.5, 0.6) is 11.5 Å². The van der Waals surface area contributed by atoms with Crippen molar-refractivity contribution in [2.45, 2.75) is 26.7 Å². The SMILES string of the molecule is C=C(C)COc1cc2oc(=O)c(CC(=O)NCCc3c[nH]c4ccc(OC)cc34)c(C)c2cc1Cl. The van der Waals surface area contributed by atoms with Crippen LogP contribution in [0.2, 0.25) is 5.02 Å². The summed E-state index contributed by atoms with van der Waals surface area (Å²) >= 11 is 6.37. The lowest BCUT2D eigenvalue weighted by atomic mass is 10.0. The second-order valence-electron chi connectivity index (χ2n) is 8.52. The Labute approximate surface area is 207 Å². The van der Waals surface area contributed by atoms with E-state index in [0.717, 1.165) is 27.8 Å². The molecule has 1 amide bonds. The van der Waals surface area contributed by atoms with Crippen molar-refractivity contribution >= 4 is 39.4 Å². The first kappa shape index (κ1) is 24.4. The molecule has 0 saturated carbocycles. The molecule has 8 heteroatoms. The van der Waals surface area contributed by atoms with Gasteiger partial charge in [0.25, 0.3) is 0 Å². The number of halogens is 1. The number of methoxy groups -OCH3 is 1. The predicted octanol–water partition coefficient (Wildman–Crippen LogP) is 5.10. The second-order valence-corrected chi connectivity index (χ2v) is 8.93. The molecule has 182 valence electrons. The van der Waals surface area contributed by atoms with Gasteiger partial charge in [-0.1, -0.05) is 18.2 Å². The molecule has 0 spiro atoms. The van der Waals surface area contributed by atoms with Crippen LogP contribution >= 0.6 is 11.6 Å². The first-order chi connectivity index (χ1) is 16.8. The lowest BCUT2D eigenvalue weighted by Gasteiger charge is -2.12. The summed E-state index contributed by atoms with van der Waals surface area (Å²) < 4.78 is 16.4. The van der Waals surface area contributed by atoms with Gasteiger partial charge in [-0.15, -0.1) is 0 Å². The highest BCUT2D eigenvalue weighted by Crippen LogP contribution is 2.32. The number of H-pyrrole nitrogens is 1. The van der Waals surface area contributed by atoms with Crippen LogP contribution in [0, 0.1) is 6.92 Å². The van der Waals surface area contributed by atoms with Gasteiger partial charge in [-0.2, -0.15) is 0 Å². The molecule has 2 N–H and O–H groups in total. The minimum absolute atomic E-state index is 0.0860. The molecule has 0 bridgehead atoms. The van der Waals surface area contributed by atoms with Gasteiger partial charge in [-0.3, -0.25) is 4.79 Å².